The lowest BCUT2D eigenvalue weighted by molar-refractivity contribution is -0.122. The van der Waals surface area contributed by atoms with Crippen molar-refractivity contribution in [3.05, 3.63) is 0 Å². The van der Waals surface area contributed by atoms with Crippen LogP contribution in [0.3, 0.4) is 0 Å². The summed E-state index contributed by atoms with van der Waals surface area (Å²) in [6.07, 6.45) is 16.8. The molecule has 1 atom stereocenters. The summed E-state index contributed by atoms with van der Waals surface area (Å²) in [6.45, 7) is 6.73. The zero-order valence-electron chi connectivity index (χ0n) is 16.6. The summed E-state index contributed by atoms with van der Waals surface area (Å²) in [5, 5.41) is 12.1. The van der Waals surface area contributed by atoms with Crippen LogP contribution in [0.4, 0.5) is 0 Å². The van der Waals surface area contributed by atoms with Gasteiger partial charge in [0.1, 0.15) is 0 Å². The van der Waals surface area contributed by atoms with Gasteiger partial charge in [0.05, 0.1) is 12.6 Å². The Morgan fingerprint density at radius 3 is 1.79 bits per heavy atom. The molecular formula is C21H43NO2. The first kappa shape index (κ1) is 23.4. The summed E-state index contributed by atoms with van der Waals surface area (Å²) < 4.78 is 0. The first-order chi connectivity index (χ1) is 11.6. The average molecular weight is 342 g/mol. The van der Waals surface area contributed by atoms with Crippen LogP contribution in [0.2, 0.25) is 0 Å². The third-order valence-electron chi connectivity index (χ3n) is 4.66. The number of hydrogen-bond acceptors (Lipinski definition) is 2. The van der Waals surface area contributed by atoms with E-state index in [0.717, 1.165) is 31.6 Å². The second-order valence-electron chi connectivity index (χ2n) is 7.70. The Morgan fingerprint density at radius 2 is 1.33 bits per heavy atom. The number of carbonyl (C=O) groups excluding carboxylic acids is 1. The van der Waals surface area contributed by atoms with Crippen LogP contribution in [0.15, 0.2) is 0 Å². The number of amides is 1. The molecule has 3 nitrogen and oxygen atoms in total. The molecule has 24 heavy (non-hydrogen) atoms. The van der Waals surface area contributed by atoms with Crippen LogP contribution in [-0.4, -0.2) is 23.7 Å². The summed E-state index contributed by atoms with van der Waals surface area (Å²) in [4.78, 5) is 11.8. The van der Waals surface area contributed by atoms with Crippen molar-refractivity contribution < 1.29 is 9.90 Å². The Bertz CT molecular complexity index is 279. The van der Waals surface area contributed by atoms with Gasteiger partial charge in [0.15, 0.2) is 0 Å². The molecule has 0 saturated carbocycles. The summed E-state index contributed by atoms with van der Waals surface area (Å²) in [5.74, 6) is 0.956. The van der Waals surface area contributed by atoms with E-state index in [1.54, 1.807) is 0 Å². The van der Waals surface area contributed by atoms with Crippen LogP contribution in [0.5, 0.6) is 0 Å². The second kappa shape index (κ2) is 17.3. The Labute approximate surface area is 151 Å². The maximum Gasteiger partial charge on any atom is 0.220 e. The highest BCUT2D eigenvalue weighted by Crippen LogP contribution is 2.13. The van der Waals surface area contributed by atoms with Crippen LogP contribution in [0.25, 0.3) is 0 Å². The zero-order valence-corrected chi connectivity index (χ0v) is 16.6. The van der Waals surface area contributed by atoms with Crippen LogP contribution >= 0.6 is 0 Å². The summed E-state index contributed by atoms with van der Waals surface area (Å²) >= 11 is 0. The molecule has 144 valence electrons. The fraction of sp³-hybridized carbons (Fsp3) is 0.952. The van der Waals surface area contributed by atoms with Gasteiger partial charge < -0.3 is 10.4 Å². The highest BCUT2D eigenvalue weighted by atomic mass is 16.3. The van der Waals surface area contributed by atoms with Gasteiger partial charge in [-0.15, -0.1) is 0 Å². The van der Waals surface area contributed by atoms with E-state index in [2.05, 4.69) is 26.1 Å². The lowest BCUT2D eigenvalue weighted by Crippen LogP contribution is -2.37. The van der Waals surface area contributed by atoms with Crippen molar-refractivity contribution in [1.82, 2.24) is 5.32 Å². The Kier molecular flexibility index (Phi) is 16.8. The number of hydrogen-bond donors (Lipinski definition) is 2. The van der Waals surface area contributed by atoms with Gasteiger partial charge in [0.25, 0.3) is 0 Å². The van der Waals surface area contributed by atoms with E-state index in [0.29, 0.717) is 6.42 Å². The van der Waals surface area contributed by atoms with E-state index in [1.807, 2.05) is 0 Å². The molecule has 3 heteroatoms. The van der Waals surface area contributed by atoms with Gasteiger partial charge in [0, 0.05) is 6.42 Å². The third-order valence-corrected chi connectivity index (χ3v) is 4.66. The van der Waals surface area contributed by atoms with Gasteiger partial charge in [-0.05, 0) is 18.8 Å². The normalized spacial score (nSPS) is 12.5. The van der Waals surface area contributed by atoms with Gasteiger partial charge in [-0.3, -0.25) is 4.79 Å². The molecule has 0 rings (SSSR count). The first-order valence-electron chi connectivity index (χ1n) is 10.5. The molecule has 1 amide bonds. The molecule has 0 spiro atoms. The van der Waals surface area contributed by atoms with Crippen molar-refractivity contribution in [1.29, 1.82) is 0 Å². The van der Waals surface area contributed by atoms with Crippen LogP contribution in [0.1, 0.15) is 111 Å². The highest BCUT2D eigenvalue weighted by Gasteiger charge is 2.09. The van der Waals surface area contributed by atoms with Gasteiger partial charge >= 0.3 is 0 Å². The topological polar surface area (TPSA) is 49.3 Å². The minimum atomic E-state index is -0.0527. The van der Waals surface area contributed by atoms with E-state index < -0.39 is 0 Å². The van der Waals surface area contributed by atoms with Crippen molar-refractivity contribution in [2.24, 2.45) is 5.92 Å². The minimum absolute atomic E-state index is 0.0526. The van der Waals surface area contributed by atoms with Crippen molar-refractivity contribution in [3.8, 4) is 0 Å². The number of carbonyl (C=O) groups is 1. The smallest absolute Gasteiger partial charge is 0.220 e. The van der Waals surface area contributed by atoms with E-state index in [1.165, 1.54) is 57.8 Å². The monoisotopic (exact) mass is 341 g/mol. The fourth-order valence-electron chi connectivity index (χ4n) is 3.11. The van der Waals surface area contributed by atoms with Gasteiger partial charge in [-0.25, -0.2) is 0 Å². The van der Waals surface area contributed by atoms with Crippen molar-refractivity contribution in [2.45, 2.75) is 117 Å². The van der Waals surface area contributed by atoms with Crippen LogP contribution in [0, 0.1) is 5.92 Å². The Hall–Kier alpha value is -0.570. The molecular weight excluding hydrogens is 298 g/mol. The molecule has 0 aliphatic heterocycles. The number of aliphatic hydroxyl groups excluding tert-OH is 1. The van der Waals surface area contributed by atoms with E-state index in [9.17, 15) is 9.90 Å². The lowest BCUT2D eigenvalue weighted by atomic mass is 10.0. The first-order valence-corrected chi connectivity index (χ1v) is 10.5. The second-order valence-corrected chi connectivity index (χ2v) is 7.70. The fourth-order valence-corrected chi connectivity index (χ4v) is 3.11. The predicted octanol–water partition coefficient (Wildman–Crippen LogP) is 5.60. The summed E-state index contributed by atoms with van der Waals surface area (Å²) in [7, 11) is 0. The average Bonchev–Trinajstić information content (AvgIpc) is 2.55. The zero-order chi connectivity index (χ0) is 18.0. The largest absolute Gasteiger partial charge is 0.394 e. The van der Waals surface area contributed by atoms with Crippen molar-refractivity contribution in [2.75, 3.05) is 6.61 Å². The highest BCUT2D eigenvalue weighted by molar-refractivity contribution is 5.76. The third kappa shape index (κ3) is 16.3. The molecule has 0 aromatic heterocycles. The minimum Gasteiger partial charge on any atom is -0.394 e. The molecule has 0 heterocycles. The predicted molar refractivity (Wildman–Crippen MR) is 104 cm³/mol. The molecule has 0 aliphatic rings. The molecule has 0 bridgehead atoms. The molecule has 1 unspecified atom stereocenters. The molecule has 0 radical (unpaired) electrons. The Morgan fingerprint density at radius 1 is 0.833 bits per heavy atom. The number of aliphatic hydroxyl groups is 1. The Balaban J connectivity index is 3.28. The van der Waals surface area contributed by atoms with Crippen molar-refractivity contribution in [3.63, 3.8) is 0 Å². The molecule has 0 fully saturated rings. The lowest BCUT2D eigenvalue weighted by Gasteiger charge is -2.15. The van der Waals surface area contributed by atoms with E-state index in [-0.39, 0.29) is 18.6 Å². The molecule has 2 N–H and O–H groups in total. The molecule has 0 aromatic rings. The SMILES string of the molecule is CCCC(CO)NC(=O)CCCCCCCCCCCCC(C)C. The maximum absolute atomic E-state index is 11.8. The maximum atomic E-state index is 11.8. The van der Waals surface area contributed by atoms with Crippen LogP contribution < -0.4 is 5.32 Å². The summed E-state index contributed by atoms with van der Waals surface area (Å²) in [6, 6.07) is -0.0527. The van der Waals surface area contributed by atoms with Gasteiger partial charge in [0.2, 0.25) is 5.91 Å². The van der Waals surface area contributed by atoms with E-state index >= 15 is 0 Å². The van der Waals surface area contributed by atoms with Crippen LogP contribution in [-0.2, 0) is 4.79 Å². The van der Waals surface area contributed by atoms with Gasteiger partial charge in [-0.2, -0.15) is 0 Å². The number of nitrogens with one attached hydrogen (secondary N) is 1. The quantitative estimate of drug-likeness (QED) is 0.338. The number of rotatable bonds is 17. The number of unbranched alkanes of at least 4 members (excludes halogenated alkanes) is 9. The van der Waals surface area contributed by atoms with Gasteiger partial charge in [-0.1, -0.05) is 91.4 Å². The molecule has 0 aromatic carbocycles. The standard InChI is InChI=1S/C21H43NO2/c1-4-15-20(18-23)22-21(24)17-14-12-10-8-6-5-7-9-11-13-16-19(2)3/h19-20,23H,4-18H2,1-3H3,(H,22,24). The van der Waals surface area contributed by atoms with E-state index in [4.69, 9.17) is 0 Å². The molecule has 0 saturated heterocycles. The molecule has 0 aliphatic carbocycles. The summed E-state index contributed by atoms with van der Waals surface area (Å²) in [5.41, 5.74) is 0. The van der Waals surface area contributed by atoms with Crippen molar-refractivity contribution >= 4 is 5.91 Å².